The van der Waals surface area contributed by atoms with E-state index in [1.165, 1.54) is 18.2 Å². The van der Waals surface area contributed by atoms with Gasteiger partial charge in [-0.1, -0.05) is 11.6 Å². The first-order valence-corrected chi connectivity index (χ1v) is 6.42. The minimum atomic E-state index is -0.451. The molecular weight excluding hydrogens is 280 g/mol. The number of nitrogens with one attached hydrogen (secondary N) is 1. The number of rotatable bonds is 5. The molecule has 0 saturated carbocycles. The first-order valence-electron chi connectivity index (χ1n) is 6.04. The monoisotopic (exact) mass is 292 g/mol. The minimum absolute atomic E-state index is 0.0247. The summed E-state index contributed by atoms with van der Waals surface area (Å²) in [5.41, 5.74) is 1.05. The van der Waals surface area contributed by atoms with Crippen molar-refractivity contribution in [1.82, 2.24) is 0 Å². The van der Waals surface area contributed by atoms with Gasteiger partial charge < -0.3 is 10.1 Å². The molecule has 2 aromatic rings. The Bertz CT molecular complexity index is 614. The average Bonchev–Trinajstić information content (AvgIpc) is 2.41. The zero-order valence-electron chi connectivity index (χ0n) is 10.8. The Hall–Kier alpha value is -2.27. The van der Waals surface area contributed by atoms with Crippen LogP contribution >= 0.6 is 11.6 Å². The van der Waals surface area contributed by atoms with Gasteiger partial charge in [-0.25, -0.2) is 0 Å². The van der Waals surface area contributed by atoms with Crippen molar-refractivity contribution in [1.29, 1.82) is 0 Å². The Kier molecular flexibility index (Phi) is 4.42. The smallest absolute Gasteiger partial charge is 0.292 e. The predicted molar refractivity (Wildman–Crippen MR) is 79.0 cm³/mol. The fourth-order valence-corrected chi connectivity index (χ4v) is 1.90. The molecule has 0 radical (unpaired) electrons. The van der Waals surface area contributed by atoms with Crippen LogP contribution in [0.15, 0.2) is 42.5 Å². The molecule has 2 rings (SSSR count). The molecule has 0 aliphatic carbocycles. The third kappa shape index (κ3) is 3.39. The largest absolute Gasteiger partial charge is 0.494 e. The van der Waals surface area contributed by atoms with Gasteiger partial charge >= 0.3 is 0 Å². The van der Waals surface area contributed by atoms with E-state index in [0.717, 1.165) is 11.4 Å². The van der Waals surface area contributed by atoms with Gasteiger partial charge in [0, 0.05) is 16.8 Å². The van der Waals surface area contributed by atoms with E-state index in [4.69, 9.17) is 16.3 Å². The minimum Gasteiger partial charge on any atom is -0.494 e. The van der Waals surface area contributed by atoms with Crippen LogP contribution in [0.1, 0.15) is 6.92 Å². The van der Waals surface area contributed by atoms with E-state index in [2.05, 4.69) is 5.32 Å². The topological polar surface area (TPSA) is 64.4 Å². The number of benzene rings is 2. The number of nitro groups is 1. The highest BCUT2D eigenvalue weighted by molar-refractivity contribution is 6.31. The van der Waals surface area contributed by atoms with E-state index >= 15 is 0 Å². The van der Waals surface area contributed by atoms with Crippen molar-refractivity contribution in [2.24, 2.45) is 0 Å². The summed E-state index contributed by atoms with van der Waals surface area (Å²) >= 11 is 5.87. The number of halogens is 1. The molecule has 6 heteroatoms. The normalized spacial score (nSPS) is 10.1. The Morgan fingerprint density at radius 1 is 1.25 bits per heavy atom. The highest BCUT2D eigenvalue weighted by Gasteiger charge is 2.13. The molecule has 0 spiro atoms. The number of ether oxygens (including phenoxy) is 1. The highest BCUT2D eigenvalue weighted by atomic mass is 35.5. The number of hydrogen-bond acceptors (Lipinski definition) is 4. The summed E-state index contributed by atoms with van der Waals surface area (Å²) in [4.78, 5) is 10.5. The standard InChI is InChI=1S/C14H13ClN2O3/c1-2-20-12-6-4-11(5-7-12)16-13-9-10(15)3-8-14(13)17(18)19/h3-9,16H,2H2,1H3. The summed E-state index contributed by atoms with van der Waals surface area (Å²) in [5.74, 6) is 0.749. The van der Waals surface area contributed by atoms with Crippen LogP contribution < -0.4 is 10.1 Å². The first kappa shape index (κ1) is 14.1. The Morgan fingerprint density at radius 3 is 2.55 bits per heavy atom. The van der Waals surface area contributed by atoms with Crippen molar-refractivity contribution in [3.63, 3.8) is 0 Å². The summed E-state index contributed by atoms with van der Waals surface area (Å²) in [6.45, 7) is 2.49. The van der Waals surface area contributed by atoms with E-state index in [0.29, 0.717) is 17.3 Å². The molecular formula is C14H13ClN2O3. The molecule has 0 amide bonds. The second kappa shape index (κ2) is 6.25. The van der Waals surface area contributed by atoms with Gasteiger partial charge in [0.2, 0.25) is 0 Å². The molecule has 0 aromatic heterocycles. The highest BCUT2D eigenvalue weighted by Crippen LogP contribution is 2.30. The molecule has 0 saturated heterocycles. The molecule has 1 N–H and O–H groups in total. The fourth-order valence-electron chi connectivity index (χ4n) is 1.72. The number of nitro benzene ring substituents is 1. The van der Waals surface area contributed by atoms with Gasteiger partial charge in [0.15, 0.2) is 0 Å². The lowest BCUT2D eigenvalue weighted by molar-refractivity contribution is -0.383. The van der Waals surface area contributed by atoms with Crippen molar-refractivity contribution < 1.29 is 9.66 Å². The van der Waals surface area contributed by atoms with Gasteiger partial charge in [-0.2, -0.15) is 0 Å². The molecule has 2 aromatic carbocycles. The first-order chi connectivity index (χ1) is 9.60. The Balaban J connectivity index is 2.25. The lowest BCUT2D eigenvalue weighted by Gasteiger charge is -2.09. The molecule has 20 heavy (non-hydrogen) atoms. The van der Waals surface area contributed by atoms with Gasteiger partial charge in [-0.3, -0.25) is 10.1 Å². The quantitative estimate of drug-likeness (QED) is 0.655. The van der Waals surface area contributed by atoms with Crippen LogP contribution in [0.3, 0.4) is 0 Å². The van der Waals surface area contributed by atoms with Crippen LogP contribution in [0.5, 0.6) is 5.75 Å². The van der Waals surface area contributed by atoms with Crippen LogP contribution in [0.25, 0.3) is 0 Å². The van der Waals surface area contributed by atoms with E-state index < -0.39 is 4.92 Å². The van der Waals surface area contributed by atoms with Gasteiger partial charge in [0.25, 0.3) is 5.69 Å². The fraction of sp³-hybridized carbons (Fsp3) is 0.143. The van der Waals surface area contributed by atoms with Crippen LogP contribution in [0.2, 0.25) is 5.02 Å². The van der Waals surface area contributed by atoms with Gasteiger partial charge in [-0.05, 0) is 43.3 Å². The average molecular weight is 293 g/mol. The second-order valence-corrected chi connectivity index (χ2v) is 4.44. The molecule has 104 valence electrons. The maximum Gasteiger partial charge on any atom is 0.292 e. The van der Waals surface area contributed by atoms with Crippen LogP contribution in [-0.4, -0.2) is 11.5 Å². The van der Waals surface area contributed by atoms with Gasteiger partial charge in [0.1, 0.15) is 11.4 Å². The van der Waals surface area contributed by atoms with Crippen LogP contribution in [0.4, 0.5) is 17.1 Å². The second-order valence-electron chi connectivity index (χ2n) is 4.00. The van der Waals surface area contributed by atoms with E-state index in [1.807, 2.05) is 6.92 Å². The van der Waals surface area contributed by atoms with Crippen molar-refractivity contribution in [3.8, 4) is 5.75 Å². The predicted octanol–water partition coefficient (Wildman–Crippen LogP) is 4.39. The molecule has 0 aliphatic rings. The lowest BCUT2D eigenvalue weighted by Crippen LogP contribution is -1.97. The van der Waals surface area contributed by atoms with E-state index in [-0.39, 0.29) is 5.69 Å². The summed E-state index contributed by atoms with van der Waals surface area (Å²) in [5, 5.41) is 14.4. The summed E-state index contributed by atoms with van der Waals surface area (Å²) in [6, 6.07) is 11.5. The summed E-state index contributed by atoms with van der Waals surface area (Å²) in [6.07, 6.45) is 0. The molecule has 0 atom stereocenters. The zero-order chi connectivity index (χ0) is 14.5. The van der Waals surface area contributed by atoms with Crippen molar-refractivity contribution >= 4 is 28.7 Å². The molecule has 0 aliphatic heterocycles. The molecule has 0 unspecified atom stereocenters. The molecule has 0 fully saturated rings. The lowest BCUT2D eigenvalue weighted by atomic mass is 10.2. The van der Waals surface area contributed by atoms with Gasteiger partial charge in [-0.15, -0.1) is 0 Å². The van der Waals surface area contributed by atoms with Crippen LogP contribution in [-0.2, 0) is 0 Å². The Morgan fingerprint density at radius 2 is 1.95 bits per heavy atom. The summed E-state index contributed by atoms with van der Waals surface area (Å²) in [7, 11) is 0. The number of anilines is 2. The third-order valence-corrected chi connectivity index (χ3v) is 2.83. The zero-order valence-corrected chi connectivity index (χ0v) is 11.6. The molecule has 5 nitrogen and oxygen atoms in total. The maximum atomic E-state index is 11.0. The number of hydrogen-bond donors (Lipinski definition) is 1. The molecule has 0 bridgehead atoms. The van der Waals surface area contributed by atoms with Crippen LogP contribution in [0, 0.1) is 10.1 Å². The van der Waals surface area contributed by atoms with Crippen molar-refractivity contribution in [2.75, 3.05) is 11.9 Å². The van der Waals surface area contributed by atoms with E-state index in [1.54, 1.807) is 24.3 Å². The summed E-state index contributed by atoms with van der Waals surface area (Å²) < 4.78 is 5.34. The Labute approximate surface area is 121 Å². The SMILES string of the molecule is CCOc1ccc(Nc2cc(Cl)ccc2[N+](=O)[O-])cc1. The van der Waals surface area contributed by atoms with E-state index in [9.17, 15) is 10.1 Å². The van der Waals surface area contributed by atoms with Gasteiger partial charge in [0.05, 0.1) is 11.5 Å². The molecule has 0 heterocycles. The van der Waals surface area contributed by atoms with Crippen molar-refractivity contribution in [3.05, 3.63) is 57.6 Å². The number of nitrogens with zero attached hydrogens (tertiary/aromatic N) is 1. The third-order valence-electron chi connectivity index (χ3n) is 2.60. The van der Waals surface area contributed by atoms with Crippen molar-refractivity contribution in [2.45, 2.75) is 6.92 Å². The maximum absolute atomic E-state index is 11.0.